The van der Waals surface area contributed by atoms with E-state index in [1.165, 1.54) is 109 Å². The third-order valence-electron chi connectivity index (χ3n) is 5.53. The Hall–Kier alpha value is -0.0800. The molecule has 0 fully saturated rings. The molecular formula is C24H50O2. The van der Waals surface area contributed by atoms with Crippen LogP contribution in [0.3, 0.4) is 0 Å². The largest absolute Gasteiger partial charge is 0.394 e. The van der Waals surface area contributed by atoms with Crippen LogP contribution in [0.15, 0.2) is 0 Å². The summed E-state index contributed by atoms with van der Waals surface area (Å²) < 4.78 is 0. The summed E-state index contributed by atoms with van der Waals surface area (Å²) in [6.07, 6.45) is 25.2. The van der Waals surface area contributed by atoms with Gasteiger partial charge in [-0.2, -0.15) is 0 Å². The molecule has 1 unspecified atom stereocenters. The molecule has 0 bridgehead atoms. The van der Waals surface area contributed by atoms with Crippen molar-refractivity contribution in [2.75, 3.05) is 6.61 Å². The van der Waals surface area contributed by atoms with Crippen molar-refractivity contribution in [2.24, 2.45) is 5.92 Å². The Kier molecular flexibility index (Phi) is 21.2. The standard InChI is InChI=1S/C24H50O2/c1-23(2)20-18-16-14-12-10-8-6-4-3-5-7-9-11-13-15-17-19-21-24(26)22-25/h23-26H,3-22H2,1-2H3. The van der Waals surface area contributed by atoms with E-state index in [4.69, 9.17) is 5.11 Å². The molecule has 2 N–H and O–H groups in total. The topological polar surface area (TPSA) is 40.5 Å². The van der Waals surface area contributed by atoms with Crippen molar-refractivity contribution >= 4 is 0 Å². The summed E-state index contributed by atoms with van der Waals surface area (Å²) in [7, 11) is 0. The van der Waals surface area contributed by atoms with Crippen LogP contribution in [0.5, 0.6) is 0 Å². The molecule has 2 heteroatoms. The number of rotatable bonds is 21. The molecule has 158 valence electrons. The highest BCUT2D eigenvalue weighted by atomic mass is 16.3. The Labute approximate surface area is 165 Å². The van der Waals surface area contributed by atoms with E-state index in [0.29, 0.717) is 0 Å². The lowest BCUT2D eigenvalue weighted by molar-refractivity contribution is 0.0860. The Morgan fingerprint density at radius 3 is 1.00 bits per heavy atom. The highest BCUT2D eigenvalue weighted by molar-refractivity contribution is 4.54. The number of hydrogen-bond acceptors (Lipinski definition) is 2. The van der Waals surface area contributed by atoms with Crippen LogP contribution in [0.1, 0.15) is 136 Å². The first-order valence-corrected chi connectivity index (χ1v) is 12.0. The Bertz CT molecular complexity index is 253. The predicted octanol–water partition coefficient (Wildman–Crippen LogP) is 7.41. The molecule has 0 spiro atoms. The highest BCUT2D eigenvalue weighted by Crippen LogP contribution is 2.15. The van der Waals surface area contributed by atoms with E-state index in [2.05, 4.69) is 13.8 Å². The lowest BCUT2D eigenvalue weighted by Crippen LogP contribution is -2.10. The summed E-state index contributed by atoms with van der Waals surface area (Å²) in [5.74, 6) is 0.882. The van der Waals surface area contributed by atoms with E-state index in [1.54, 1.807) is 0 Å². The zero-order chi connectivity index (χ0) is 19.3. The maximum atomic E-state index is 9.26. The van der Waals surface area contributed by atoms with Crippen LogP contribution in [-0.4, -0.2) is 22.9 Å². The van der Waals surface area contributed by atoms with Crippen molar-refractivity contribution in [2.45, 2.75) is 142 Å². The first-order chi connectivity index (χ1) is 12.7. The van der Waals surface area contributed by atoms with Crippen molar-refractivity contribution in [3.63, 3.8) is 0 Å². The third kappa shape index (κ3) is 22.0. The van der Waals surface area contributed by atoms with E-state index in [-0.39, 0.29) is 6.61 Å². The maximum Gasteiger partial charge on any atom is 0.0770 e. The second-order valence-electron chi connectivity index (χ2n) is 8.82. The second-order valence-corrected chi connectivity index (χ2v) is 8.82. The minimum Gasteiger partial charge on any atom is -0.394 e. The van der Waals surface area contributed by atoms with Gasteiger partial charge in [-0.25, -0.2) is 0 Å². The normalized spacial score (nSPS) is 12.8. The highest BCUT2D eigenvalue weighted by Gasteiger charge is 2.00. The van der Waals surface area contributed by atoms with Crippen molar-refractivity contribution in [3.8, 4) is 0 Å². The van der Waals surface area contributed by atoms with Crippen LogP contribution in [0.2, 0.25) is 0 Å². The molecule has 0 amide bonds. The average molecular weight is 371 g/mol. The van der Waals surface area contributed by atoms with E-state index < -0.39 is 6.10 Å². The van der Waals surface area contributed by atoms with Crippen LogP contribution in [0, 0.1) is 5.92 Å². The number of unbranched alkanes of at least 4 members (excludes halogenated alkanes) is 16. The average Bonchev–Trinajstić information content (AvgIpc) is 2.63. The molecule has 0 aromatic carbocycles. The van der Waals surface area contributed by atoms with E-state index in [1.807, 2.05) is 0 Å². The molecule has 26 heavy (non-hydrogen) atoms. The summed E-state index contributed by atoms with van der Waals surface area (Å²) >= 11 is 0. The van der Waals surface area contributed by atoms with Crippen molar-refractivity contribution < 1.29 is 10.2 Å². The molecule has 0 aromatic heterocycles. The van der Waals surface area contributed by atoms with Gasteiger partial charge in [-0.05, 0) is 12.3 Å². The van der Waals surface area contributed by atoms with Gasteiger partial charge < -0.3 is 10.2 Å². The van der Waals surface area contributed by atoms with E-state index in [0.717, 1.165) is 18.8 Å². The molecule has 0 aromatic rings. The zero-order valence-electron chi connectivity index (χ0n) is 18.2. The molecular weight excluding hydrogens is 320 g/mol. The number of hydrogen-bond donors (Lipinski definition) is 2. The van der Waals surface area contributed by atoms with Gasteiger partial charge in [0.1, 0.15) is 0 Å². The van der Waals surface area contributed by atoms with Gasteiger partial charge in [0.2, 0.25) is 0 Å². The van der Waals surface area contributed by atoms with Crippen molar-refractivity contribution in [1.29, 1.82) is 0 Å². The molecule has 0 aliphatic heterocycles. The van der Waals surface area contributed by atoms with Gasteiger partial charge in [-0.1, -0.05) is 129 Å². The van der Waals surface area contributed by atoms with Gasteiger partial charge in [0.15, 0.2) is 0 Å². The quantitative estimate of drug-likeness (QED) is 0.206. The Morgan fingerprint density at radius 2 is 0.731 bits per heavy atom. The molecule has 0 rings (SSSR count). The van der Waals surface area contributed by atoms with Gasteiger partial charge in [0, 0.05) is 0 Å². The minimum absolute atomic E-state index is 0.0849. The molecule has 0 saturated heterocycles. The first-order valence-electron chi connectivity index (χ1n) is 12.0. The fourth-order valence-corrected chi connectivity index (χ4v) is 3.68. The molecule has 2 nitrogen and oxygen atoms in total. The SMILES string of the molecule is CC(C)CCCCCCCCCCCCCCCCCCCC(O)CO. The van der Waals surface area contributed by atoms with Crippen LogP contribution in [0.4, 0.5) is 0 Å². The third-order valence-corrected chi connectivity index (χ3v) is 5.53. The summed E-state index contributed by atoms with van der Waals surface area (Å²) in [5, 5.41) is 18.0. The molecule has 0 radical (unpaired) electrons. The Morgan fingerprint density at radius 1 is 0.462 bits per heavy atom. The summed E-state index contributed by atoms with van der Waals surface area (Å²) in [5.41, 5.74) is 0. The van der Waals surface area contributed by atoms with Gasteiger partial charge in [0.25, 0.3) is 0 Å². The lowest BCUT2D eigenvalue weighted by atomic mass is 10.0. The zero-order valence-corrected chi connectivity index (χ0v) is 18.2. The van der Waals surface area contributed by atoms with Crippen molar-refractivity contribution in [3.05, 3.63) is 0 Å². The number of aliphatic hydroxyl groups is 2. The summed E-state index contributed by atoms with van der Waals surface area (Å²) in [6.45, 7) is 4.57. The molecule has 0 heterocycles. The fourth-order valence-electron chi connectivity index (χ4n) is 3.68. The minimum atomic E-state index is -0.496. The molecule has 0 aliphatic carbocycles. The van der Waals surface area contributed by atoms with Gasteiger partial charge in [-0.3, -0.25) is 0 Å². The molecule has 0 saturated carbocycles. The van der Waals surface area contributed by atoms with Crippen LogP contribution < -0.4 is 0 Å². The Balaban J connectivity index is 3.01. The lowest BCUT2D eigenvalue weighted by Gasteiger charge is -2.06. The van der Waals surface area contributed by atoms with E-state index in [9.17, 15) is 5.11 Å². The van der Waals surface area contributed by atoms with Crippen LogP contribution in [-0.2, 0) is 0 Å². The van der Waals surface area contributed by atoms with Gasteiger partial charge in [-0.15, -0.1) is 0 Å². The van der Waals surface area contributed by atoms with Gasteiger partial charge >= 0.3 is 0 Å². The number of aliphatic hydroxyl groups excluding tert-OH is 2. The smallest absolute Gasteiger partial charge is 0.0770 e. The summed E-state index contributed by atoms with van der Waals surface area (Å²) in [4.78, 5) is 0. The second kappa shape index (κ2) is 21.2. The fraction of sp³-hybridized carbons (Fsp3) is 1.00. The first kappa shape index (κ1) is 25.9. The maximum absolute atomic E-state index is 9.26. The van der Waals surface area contributed by atoms with E-state index >= 15 is 0 Å². The van der Waals surface area contributed by atoms with Crippen LogP contribution in [0.25, 0.3) is 0 Å². The monoisotopic (exact) mass is 370 g/mol. The van der Waals surface area contributed by atoms with Crippen LogP contribution >= 0.6 is 0 Å². The summed E-state index contributed by atoms with van der Waals surface area (Å²) in [6, 6.07) is 0. The molecule has 0 aliphatic rings. The van der Waals surface area contributed by atoms with Crippen molar-refractivity contribution in [1.82, 2.24) is 0 Å². The predicted molar refractivity (Wildman–Crippen MR) is 116 cm³/mol. The molecule has 1 atom stereocenters. The van der Waals surface area contributed by atoms with Gasteiger partial charge in [0.05, 0.1) is 12.7 Å².